The number of aryl methyl sites for hydroxylation is 1. The van der Waals surface area contributed by atoms with Gasteiger partial charge in [0.1, 0.15) is 11.6 Å². The van der Waals surface area contributed by atoms with Gasteiger partial charge >= 0.3 is 6.61 Å². The lowest BCUT2D eigenvalue weighted by molar-refractivity contribution is -0.0498. The van der Waals surface area contributed by atoms with Crippen LogP contribution in [0.15, 0.2) is 66.7 Å². The van der Waals surface area contributed by atoms with Crippen LogP contribution in [0.5, 0.6) is 5.75 Å². The molecule has 0 bridgehead atoms. The molecule has 0 spiro atoms. The third-order valence-electron chi connectivity index (χ3n) is 4.19. The summed E-state index contributed by atoms with van der Waals surface area (Å²) in [5, 5.41) is 0. The van der Waals surface area contributed by atoms with Gasteiger partial charge in [-0.05, 0) is 46.9 Å². The van der Waals surface area contributed by atoms with E-state index in [0.717, 1.165) is 24.0 Å². The highest BCUT2D eigenvalue weighted by Crippen LogP contribution is 2.29. The molecule has 26 heavy (non-hydrogen) atoms. The van der Waals surface area contributed by atoms with Gasteiger partial charge in [0.2, 0.25) is 0 Å². The first-order valence-corrected chi connectivity index (χ1v) is 8.51. The quantitative estimate of drug-likeness (QED) is 0.477. The summed E-state index contributed by atoms with van der Waals surface area (Å²) in [5.41, 5.74) is 4.01. The van der Waals surface area contributed by atoms with Gasteiger partial charge in [-0.25, -0.2) is 4.39 Å². The van der Waals surface area contributed by atoms with E-state index in [-0.39, 0.29) is 11.6 Å². The molecular weight excluding hydrogens is 337 g/mol. The molecule has 0 saturated carbocycles. The summed E-state index contributed by atoms with van der Waals surface area (Å²) in [6.07, 6.45) is 2.08. The van der Waals surface area contributed by atoms with Crippen LogP contribution in [0.2, 0.25) is 0 Å². The van der Waals surface area contributed by atoms with E-state index in [1.54, 1.807) is 18.2 Å². The molecule has 0 aliphatic rings. The Morgan fingerprint density at radius 2 is 1.42 bits per heavy atom. The minimum atomic E-state index is -2.86. The average Bonchev–Trinajstić information content (AvgIpc) is 2.63. The Morgan fingerprint density at radius 3 is 2.00 bits per heavy atom. The highest BCUT2D eigenvalue weighted by Gasteiger charge is 2.09. The minimum Gasteiger partial charge on any atom is -0.435 e. The number of halogens is 3. The zero-order valence-electron chi connectivity index (χ0n) is 14.4. The van der Waals surface area contributed by atoms with E-state index in [4.69, 9.17) is 0 Å². The average molecular weight is 356 g/mol. The van der Waals surface area contributed by atoms with Crippen molar-refractivity contribution in [1.29, 1.82) is 0 Å². The second-order valence-corrected chi connectivity index (χ2v) is 6.04. The summed E-state index contributed by atoms with van der Waals surface area (Å²) in [6.45, 7) is -0.736. The van der Waals surface area contributed by atoms with Gasteiger partial charge in [0.25, 0.3) is 0 Å². The van der Waals surface area contributed by atoms with Crippen molar-refractivity contribution in [2.75, 3.05) is 0 Å². The molecule has 0 heterocycles. The van der Waals surface area contributed by atoms with Crippen molar-refractivity contribution in [3.8, 4) is 28.0 Å². The Balaban J connectivity index is 1.83. The van der Waals surface area contributed by atoms with Gasteiger partial charge in [-0.2, -0.15) is 8.78 Å². The van der Waals surface area contributed by atoms with Crippen molar-refractivity contribution in [3.63, 3.8) is 0 Å². The minimum absolute atomic E-state index is 0.0769. The number of ether oxygens (including phenoxy) is 1. The zero-order chi connectivity index (χ0) is 18.5. The van der Waals surface area contributed by atoms with Crippen LogP contribution in [0.1, 0.15) is 18.9 Å². The molecule has 0 amide bonds. The molecule has 0 N–H and O–H groups in total. The molecule has 3 aromatic rings. The summed E-state index contributed by atoms with van der Waals surface area (Å²) in [6, 6.07) is 19.1. The molecule has 0 atom stereocenters. The van der Waals surface area contributed by atoms with Crippen molar-refractivity contribution in [3.05, 3.63) is 78.1 Å². The SMILES string of the molecule is CCCc1ccc(-c2ccc(-c3ccc(OC(F)F)cc3)cc2F)cc1. The van der Waals surface area contributed by atoms with Crippen molar-refractivity contribution in [2.45, 2.75) is 26.4 Å². The van der Waals surface area contributed by atoms with Crippen LogP contribution in [0, 0.1) is 5.82 Å². The maximum atomic E-state index is 14.6. The van der Waals surface area contributed by atoms with Crippen LogP contribution in [0.3, 0.4) is 0 Å². The maximum Gasteiger partial charge on any atom is 0.387 e. The van der Waals surface area contributed by atoms with E-state index in [1.807, 2.05) is 30.3 Å². The zero-order valence-corrected chi connectivity index (χ0v) is 14.4. The Kier molecular flexibility index (Phi) is 5.61. The predicted octanol–water partition coefficient (Wildman–Crippen LogP) is 6.71. The predicted molar refractivity (Wildman–Crippen MR) is 97.9 cm³/mol. The molecule has 3 aromatic carbocycles. The molecule has 4 heteroatoms. The maximum absolute atomic E-state index is 14.6. The van der Waals surface area contributed by atoms with Crippen LogP contribution in [-0.4, -0.2) is 6.61 Å². The van der Waals surface area contributed by atoms with Gasteiger partial charge in [0.05, 0.1) is 0 Å². The second kappa shape index (κ2) is 8.09. The molecule has 1 nitrogen and oxygen atoms in total. The standard InChI is InChI=1S/C22H19F3O/c1-2-3-15-4-6-17(7-5-15)20-13-10-18(14-21(20)23)16-8-11-19(12-9-16)26-22(24)25/h4-14,22H,2-3H2,1H3. The highest BCUT2D eigenvalue weighted by molar-refractivity contribution is 5.71. The van der Waals surface area contributed by atoms with E-state index in [2.05, 4.69) is 11.7 Å². The smallest absolute Gasteiger partial charge is 0.387 e. The van der Waals surface area contributed by atoms with E-state index < -0.39 is 6.61 Å². The summed E-state index contributed by atoms with van der Waals surface area (Å²) >= 11 is 0. The number of rotatable bonds is 6. The summed E-state index contributed by atoms with van der Waals surface area (Å²) in [7, 11) is 0. The topological polar surface area (TPSA) is 9.23 Å². The fourth-order valence-electron chi connectivity index (χ4n) is 2.90. The van der Waals surface area contributed by atoms with Gasteiger partial charge in [-0.1, -0.05) is 61.9 Å². The molecule has 0 unspecified atom stereocenters. The lowest BCUT2D eigenvalue weighted by Gasteiger charge is -2.09. The Labute approximate surface area is 151 Å². The fourth-order valence-corrected chi connectivity index (χ4v) is 2.90. The molecule has 134 valence electrons. The van der Waals surface area contributed by atoms with Crippen molar-refractivity contribution in [2.24, 2.45) is 0 Å². The van der Waals surface area contributed by atoms with Crippen molar-refractivity contribution < 1.29 is 17.9 Å². The lowest BCUT2D eigenvalue weighted by Crippen LogP contribution is -2.01. The van der Waals surface area contributed by atoms with Crippen molar-refractivity contribution in [1.82, 2.24) is 0 Å². The van der Waals surface area contributed by atoms with Gasteiger partial charge in [0.15, 0.2) is 0 Å². The van der Waals surface area contributed by atoms with Gasteiger partial charge < -0.3 is 4.74 Å². The molecule has 3 rings (SSSR count). The van der Waals surface area contributed by atoms with Gasteiger partial charge in [0, 0.05) is 5.56 Å². The van der Waals surface area contributed by atoms with Gasteiger partial charge in [-0.15, -0.1) is 0 Å². The molecule has 0 radical (unpaired) electrons. The number of benzene rings is 3. The van der Waals surface area contributed by atoms with E-state index in [1.165, 1.54) is 23.8 Å². The Bertz CT molecular complexity index is 856. The number of hydrogen-bond donors (Lipinski definition) is 0. The Morgan fingerprint density at radius 1 is 0.808 bits per heavy atom. The monoisotopic (exact) mass is 356 g/mol. The van der Waals surface area contributed by atoms with E-state index >= 15 is 0 Å². The molecule has 0 aliphatic heterocycles. The van der Waals surface area contributed by atoms with E-state index in [9.17, 15) is 13.2 Å². The summed E-state index contributed by atoms with van der Waals surface area (Å²) in [4.78, 5) is 0. The number of alkyl halides is 2. The molecule has 0 aromatic heterocycles. The lowest BCUT2D eigenvalue weighted by atomic mass is 9.98. The van der Waals surface area contributed by atoms with Crippen LogP contribution in [-0.2, 0) is 6.42 Å². The molecular formula is C22H19F3O. The van der Waals surface area contributed by atoms with Crippen LogP contribution in [0.25, 0.3) is 22.3 Å². The second-order valence-electron chi connectivity index (χ2n) is 6.04. The van der Waals surface area contributed by atoms with Gasteiger partial charge in [-0.3, -0.25) is 0 Å². The fraction of sp³-hybridized carbons (Fsp3) is 0.182. The van der Waals surface area contributed by atoms with Crippen molar-refractivity contribution >= 4 is 0 Å². The third-order valence-corrected chi connectivity index (χ3v) is 4.19. The molecule has 0 saturated heterocycles. The summed E-state index contributed by atoms with van der Waals surface area (Å²) in [5.74, 6) is -0.244. The first kappa shape index (κ1) is 18.1. The normalized spacial score (nSPS) is 11.0. The van der Waals surface area contributed by atoms with Crippen LogP contribution in [0.4, 0.5) is 13.2 Å². The third kappa shape index (κ3) is 4.26. The first-order valence-electron chi connectivity index (χ1n) is 8.51. The van der Waals surface area contributed by atoms with Crippen LogP contribution < -0.4 is 4.74 Å². The summed E-state index contributed by atoms with van der Waals surface area (Å²) < 4.78 is 43.3. The van der Waals surface area contributed by atoms with E-state index in [0.29, 0.717) is 11.1 Å². The largest absolute Gasteiger partial charge is 0.435 e. The Hall–Kier alpha value is -2.75. The molecule has 0 fully saturated rings. The first-order chi connectivity index (χ1) is 12.6. The molecule has 0 aliphatic carbocycles. The highest BCUT2D eigenvalue weighted by atomic mass is 19.3. The van der Waals surface area contributed by atoms with Crippen LogP contribution >= 0.6 is 0 Å². The number of hydrogen-bond acceptors (Lipinski definition) is 1.